The van der Waals surface area contributed by atoms with Gasteiger partial charge in [-0.3, -0.25) is 4.79 Å². The monoisotopic (exact) mass is 237 g/mol. The third-order valence-electron chi connectivity index (χ3n) is 2.36. The van der Waals surface area contributed by atoms with Gasteiger partial charge in [0.25, 0.3) is 5.91 Å². The molecule has 1 heterocycles. The Bertz CT molecular complexity index is 338. The summed E-state index contributed by atoms with van der Waals surface area (Å²) in [5.41, 5.74) is 2.66. The molecule has 0 radical (unpaired) electrons. The zero-order valence-corrected chi connectivity index (χ0v) is 10.1. The number of rotatable bonds is 7. The Balaban J connectivity index is 2.31. The van der Waals surface area contributed by atoms with Crippen LogP contribution < -0.4 is 16.6 Å². The molecule has 6 heteroatoms. The van der Waals surface area contributed by atoms with Crippen LogP contribution in [0.5, 0.6) is 0 Å². The van der Waals surface area contributed by atoms with Crippen LogP contribution in [0.2, 0.25) is 0 Å². The summed E-state index contributed by atoms with van der Waals surface area (Å²) in [6.45, 7) is 2.83. The average Bonchev–Trinajstić information content (AvgIpc) is 2.38. The van der Waals surface area contributed by atoms with Gasteiger partial charge in [0, 0.05) is 6.54 Å². The number of aromatic nitrogens is 2. The van der Waals surface area contributed by atoms with Crippen molar-refractivity contribution in [3.05, 3.63) is 17.8 Å². The number of unbranched alkanes of at least 4 members (excludes halogenated alkanes) is 3. The molecule has 1 rings (SSSR count). The summed E-state index contributed by atoms with van der Waals surface area (Å²) < 4.78 is 0. The fourth-order valence-corrected chi connectivity index (χ4v) is 1.37. The van der Waals surface area contributed by atoms with Gasteiger partial charge in [-0.25, -0.2) is 5.84 Å². The van der Waals surface area contributed by atoms with Gasteiger partial charge >= 0.3 is 0 Å². The van der Waals surface area contributed by atoms with Crippen LogP contribution in [-0.4, -0.2) is 22.6 Å². The summed E-state index contributed by atoms with van der Waals surface area (Å²) in [6, 6.07) is 3.20. The van der Waals surface area contributed by atoms with Gasteiger partial charge in [-0.05, 0) is 18.6 Å². The van der Waals surface area contributed by atoms with Gasteiger partial charge in [-0.2, -0.15) is 0 Å². The van der Waals surface area contributed by atoms with E-state index in [0.717, 1.165) is 12.8 Å². The summed E-state index contributed by atoms with van der Waals surface area (Å²) in [7, 11) is 0. The molecule has 1 aromatic heterocycles. The lowest BCUT2D eigenvalue weighted by molar-refractivity contribution is 0.0947. The molecule has 0 aliphatic heterocycles. The van der Waals surface area contributed by atoms with Crippen LogP contribution in [0.4, 0.5) is 5.82 Å². The van der Waals surface area contributed by atoms with Crippen molar-refractivity contribution in [1.29, 1.82) is 0 Å². The van der Waals surface area contributed by atoms with E-state index in [2.05, 4.69) is 27.9 Å². The van der Waals surface area contributed by atoms with Crippen LogP contribution in [0, 0.1) is 0 Å². The van der Waals surface area contributed by atoms with Crippen molar-refractivity contribution < 1.29 is 4.79 Å². The minimum absolute atomic E-state index is 0.197. The quantitative estimate of drug-likeness (QED) is 0.375. The van der Waals surface area contributed by atoms with Crippen LogP contribution in [-0.2, 0) is 0 Å². The zero-order valence-electron chi connectivity index (χ0n) is 10.1. The first-order chi connectivity index (χ1) is 8.27. The van der Waals surface area contributed by atoms with Crippen molar-refractivity contribution in [2.45, 2.75) is 32.6 Å². The molecule has 0 saturated heterocycles. The third kappa shape index (κ3) is 4.78. The molecule has 1 aromatic rings. The zero-order chi connectivity index (χ0) is 12.5. The number of nitrogens with one attached hydrogen (secondary N) is 2. The standard InChI is InChI=1S/C11H19N5O/c1-2-3-4-5-8-13-11(17)9-6-7-10(14-12)16-15-9/h6-7H,2-5,8,12H2,1H3,(H,13,17)(H,14,16). The second-order valence-corrected chi connectivity index (χ2v) is 3.76. The van der Waals surface area contributed by atoms with Gasteiger partial charge in [-0.1, -0.05) is 26.2 Å². The lowest BCUT2D eigenvalue weighted by Gasteiger charge is -2.04. The maximum Gasteiger partial charge on any atom is 0.271 e. The maximum absolute atomic E-state index is 11.6. The molecule has 17 heavy (non-hydrogen) atoms. The molecule has 0 spiro atoms. The van der Waals surface area contributed by atoms with Gasteiger partial charge in [0.15, 0.2) is 11.5 Å². The van der Waals surface area contributed by atoms with Crippen molar-refractivity contribution >= 4 is 11.7 Å². The van der Waals surface area contributed by atoms with Crippen molar-refractivity contribution in [3.63, 3.8) is 0 Å². The van der Waals surface area contributed by atoms with Crippen molar-refractivity contribution in [1.82, 2.24) is 15.5 Å². The normalized spacial score (nSPS) is 10.0. The third-order valence-corrected chi connectivity index (χ3v) is 2.36. The lowest BCUT2D eigenvalue weighted by Crippen LogP contribution is -2.25. The fraction of sp³-hybridized carbons (Fsp3) is 0.545. The van der Waals surface area contributed by atoms with Crippen LogP contribution in [0.15, 0.2) is 12.1 Å². The van der Waals surface area contributed by atoms with E-state index in [-0.39, 0.29) is 5.91 Å². The number of hydrogen-bond donors (Lipinski definition) is 3. The predicted molar refractivity (Wildman–Crippen MR) is 66.3 cm³/mol. The second-order valence-electron chi connectivity index (χ2n) is 3.76. The van der Waals surface area contributed by atoms with Gasteiger partial charge in [0.2, 0.25) is 0 Å². The smallest absolute Gasteiger partial charge is 0.271 e. The van der Waals surface area contributed by atoms with E-state index in [1.165, 1.54) is 12.8 Å². The first-order valence-electron chi connectivity index (χ1n) is 5.86. The van der Waals surface area contributed by atoms with Crippen molar-refractivity contribution in [2.24, 2.45) is 5.84 Å². The Hall–Kier alpha value is -1.69. The first-order valence-corrected chi connectivity index (χ1v) is 5.86. The first kappa shape index (κ1) is 13.4. The summed E-state index contributed by atoms with van der Waals surface area (Å²) in [5.74, 6) is 5.39. The molecular weight excluding hydrogens is 218 g/mol. The van der Waals surface area contributed by atoms with E-state index in [9.17, 15) is 4.79 Å². The molecule has 0 aromatic carbocycles. The largest absolute Gasteiger partial charge is 0.351 e. The number of carbonyl (C=O) groups excluding carboxylic acids is 1. The molecule has 0 aliphatic carbocycles. The number of nitrogens with zero attached hydrogens (tertiary/aromatic N) is 2. The molecule has 0 unspecified atom stereocenters. The molecule has 4 N–H and O–H groups in total. The summed E-state index contributed by atoms with van der Waals surface area (Å²) in [4.78, 5) is 11.6. The number of nitrogens with two attached hydrogens (primary N) is 1. The molecule has 0 aliphatic rings. The van der Waals surface area contributed by atoms with Gasteiger partial charge < -0.3 is 10.7 Å². The molecular formula is C11H19N5O. The highest BCUT2D eigenvalue weighted by molar-refractivity contribution is 5.92. The van der Waals surface area contributed by atoms with Crippen LogP contribution in [0.3, 0.4) is 0 Å². The van der Waals surface area contributed by atoms with E-state index in [1.54, 1.807) is 12.1 Å². The Labute approximate surface area is 101 Å². The highest BCUT2D eigenvalue weighted by atomic mass is 16.1. The van der Waals surface area contributed by atoms with E-state index < -0.39 is 0 Å². The van der Waals surface area contributed by atoms with E-state index in [4.69, 9.17) is 5.84 Å². The average molecular weight is 237 g/mol. The topological polar surface area (TPSA) is 92.9 Å². The molecule has 1 amide bonds. The van der Waals surface area contributed by atoms with E-state index in [0.29, 0.717) is 18.1 Å². The molecule has 6 nitrogen and oxygen atoms in total. The van der Waals surface area contributed by atoms with Gasteiger partial charge in [-0.15, -0.1) is 10.2 Å². The maximum atomic E-state index is 11.6. The molecule has 0 saturated carbocycles. The Kier molecular flexibility index (Phi) is 5.95. The van der Waals surface area contributed by atoms with Gasteiger partial charge in [0.05, 0.1) is 0 Å². The number of hydrazine groups is 1. The van der Waals surface area contributed by atoms with Crippen LogP contribution in [0.1, 0.15) is 43.1 Å². The Morgan fingerprint density at radius 1 is 1.29 bits per heavy atom. The molecule has 94 valence electrons. The summed E-state index contributed by atoms with van der Waals surface area (Å²) in [5, 5.41) is 10.3. The lowest BCUT2D eigenvalue weighted by atomic mass is 10.2. The van der Waals surface area contributed by atoms with Crippen LogP contribution in [0.25, 0.3) is 0 Å². The second kappa shape index (κ2) is 7.56. The minimum Gasteiger partial charge on any atom is -0.351 e. The highest BCUT2D eigenvalue weighted by Crippen LogP contribution is 2.00. The minimum atomic E-state index is -0.197. The van der Waals surface area contributed by atoms with Crippen molar-refractivity contribution in [2.75, 3.05) is 12.0 Å². The van der Waals surface area contributed by atoms with Gasteiger partial charge in [0.1, 0.15) is 0 Å². The molecule has 0 fully saturated rings. The number of nitrogen functional groups attached to an aromatic ring is 1. The summed E-state index contributed by atoms with van der Waals surface area (Å²) >= 11 is 0. The van der Waals surface area contributed by atoms with Crippen LogP contribution >= 0.6 is 0 Å². The SMILES string of the molecule is CCCCCCNC(=O)c1ccc(NN)nn1. The van der Waals surface area contributed by atoms with E-state index in [1.807, 2.05) is 0 Å². The number of amides is 1. The number of carbonyl (C=O) groups is 1. The highest BCUT2D eigenvalue weighted by Gasteiger charge is 2.06. The Morgan fingerprint density at radius 3 is 2.71 bits per heavy atom. The summed E-state index contributed by atoms with van der Waals surface area (Å²) in [6.07, 6.45) is 4.52. The number of anilines is 1. The Morgan fingerprint density at radius 2 is 2.12 bits per heavy atom. The predicted octanol–water partition coefficient (Wildman–Crippen LogP) is 1.07. The number of hydrogen-bond acceptors (Lipinski definition) is 5. The fourth-order valence-electron chi connectivity index (χ4n) is 1.37. The molecule has 0 bridgehead atoms. The van der Waals surface area contributed by atoms with E-state index >= 15 is 0 Å². The molecule has 0 atom stereocenters. The van der Waals surface area contributed by atoms with Crippen molar-refractivity contribution in [3.8, 4) is 0 Å².